The van der Waals surface area contributed by atoms with Crippen LogP contribution in [-0.4, -0.2) is 97.7 Å². The molecule has 2 fully saturated rings. The van der Waals surface area contributed by atoms with Crippen molar-refractivity contribution in [3.05, 3.63) is 95.6 Å². The molecule has 0 bridgehead atoms. The third kappa shape index (κ3) is 13.2. The van der Waals surface area contributed by atoms with Gasteiger partial charge in [0.1, 0.15) is 0 Å². The fraction of sp³-hybridized carbons (Fsp3) is 0.447. The van der Waals surface area contributed by atoms with Crippen LogP contribution in [0.25, 0.3) is 0 Å². The van der Waals surface area contributed by atoms with Crippen molar-refractivity contribution in [3.8, 4) is 0 Å². The summed E-state index contributed by atoms with van der Waals surface area (Å²) in [4.78, 5) is 42.1. The minimum absolute atomic E-state index is 0.0203. The van der Waals surface area contributed by atoms with E-state index in [1.165, 1.54) is 6.08 Å². The molecule has 0 unspecified atom stereocenters. The minimum atomic E-state index is -0.924. The van der Waals surface area contributed by atoms with Crippen LogP contribution in [0.3, 0.4) is 0 Å². The molecule has 1 heterocycles. The van der Waals surface area contributed by atoms with Crippen molar-refractivity contribution in [1.29, 1.82) is 0 Å². The first kappa shape index (κ1) is 37.4. The number of benzene rings is 3. The van der Waals surface area contributed by atoms with Crippen LogP contribution in [0.1, 0.15) is 53.6 Å². The van der Waals surface area contributed by atoms with E-state index in [0.717, 1.165) is 76.2 Å². The van der Waals surface area contributed by atoms with Gasteiger partial charge in [0.15, 0.2) is 0 Å². The van der Waals surface area contributed by atoms with Crippen molar-refractivity contribution >= 4 is 29.5 Å². The minimum Gasteiger partial charge on any atom is -0.478 e. The first-order valence-electron chi connectivity index (χ1n) is 17.0. The van der Waals surface area contributed by atoms with Crippen LogP contribution in [0.5, 0.6) is 0 Å². The number of hydrogen-bond acceptors (Lipinski definition) is 8. The lowest BCUT2D eigenvalue weighted by Crippen LogP contribution is -2.41. The summed E-state index contributed by atoms with van der Waals surface area (Å²) in [5, 5.41) is 12.6. The Kier molecular flexibility index (Phi) is 15.9. The SMILES string of the molecule is Cc1cccc(CO[C@@H]2CCC[C@H](OCCN(CCCN3CCOCC3)C(=O)Nc3ccccc3)C2)c1C(=O)O.O=C=Nc1ccccc1. The quantitative estimate of drug-likeness (QED) is 0.148. The van der Waals surface area contributed by atoms with Gasteiger partial charge in [0.2, 0.25) is 6.08 Å². The van der Waals surface area contributed by atoms with E-state index in [0.29, 0.717) is 36.5 Å². The van der Waals surface area contributed by atoms with Crippen molar-refractivity contribution in [1.82, 2.24) is 9.80 Å². The largest absolute Gasteiger partial charge is 0.478 e. The molecule has 1 saturated carbocycles. The normalized spacial score (nSPS) is 17.6. The summed E-state index contributed by atoms with van der Waals surface area (Å²) in [5.41, 5.74) is 3.19. The van der Waals surface area contributed by atoms with Crippen LogP contribution in [0, 0.1) is 6.92 Å². The third-order valence-corrected chi connectivity index (χ3v) is 8.59. The highest BCUT2D eigenvalue weighted by Crippen LogP contribution is 2.25. The van der Waals surface area contributed by atoms with Gasteiger partial charge in [-0.05, 0) is 74.4 Å². The predicted molar refractivity (Wildman–Crippen MR) is 188 cm³/mol. The molecule has 2 atom stereocenters. The number of carboxylic acid groups (broad SMARTS) is 1. The predicted octanol–water partition coefficient (Wildman–Crippen LogP) is 6.45. The van der Waals surface area contributed by atoms with Crippen LogP contribution in [-0.2, 0) is 25.6 Å². The Hall–Kier alpha value is -4.38. The Morgan fingerprint density at radius 1 is 0.959 bits per heavy atom. The molecule has 11 nitrogen and oxygen atoms in total. The van der Waals surface area contributed by atoms with Crippen LogP contribution < -0.4 is 5.32 Å². The number of carboxylic acids is 1. The number of carbonyl (C=O) groups excluding carboxylic acids is 2. The van der Waals surface area contributed by atoms with Gasteiger partial charge in [0, 0.05) is 38.4 Å². The number of isocyanates is 1. The van der Waals surface area contributed by atoms with Gasteiger partial charge < -0.3 is 29.5 Å². The molecule has 5 rings (SSSR count). The van der Waals surface area contributed by atoms with Gasteiger partial charge in [0.25, 0.3) is 0 Å². The lowest BCUT2D eigenvalue weighted by Gasteiger charge is -2.31. The standard InChI is InChI=1S/C31H43N3O6.C7H5NO/c1-24-8-5-9-25(29(24)30(35)36)23-40-28-13-6-12-27(22-28)39-21-18-34(15-7-14-33-16-19-38-20-17-33)31(37)32-26-10-3-2-4-11-26;9-6-8-7-4-2-1-3-5-7/h2-5,8-11,27-28H,6-7,12-23H2,1H3,(H,32,37)(H,35,36);1-5H/t27-,28+;/m0./s1. The zero-order chi connectivity index (χ0) is 34.7. The van der Waals surface area contributed by atoms with E-state index < -0.39 is 5.97 Å². The molecule has 0 spiro atoms. The number of nitrogens with zero attached hydrogens (tertiary/aromatic N) is 3. The van der Waals surface area contributed by atoms with E-state index in [9.17, 15) is 19.5 Å². The number of para-hydroxylation sites is 2. The number of amides is 2. The molecular weight excluding hydrogens is 624 g/mol. The summed E-state index contributed by atoms with van der Waals surface area (Å²) in [6.07, 6.45) is 6.07. The molecule has 2 N–H and O–H groups in total. The van der Waals surface area contributed by atoms with E-state index >= 15 is 0 Å². The second-order valence-corrected chi connectivity index (χ2v) is 12.1. The summed E-state index contributed by atoms with van der Waals surface area (Å²) in [6.45, 7) is 8.04. The lowest BCUT2D eigenvalue weighted by atomic mass is 9.94. The van der Waals surface area contributed by atoms with Gasteiger partial charge in [-0.25, -0.2) is 14.4 Å². The van der Waals surface area contributed by atoms with Gasteiger partial charge in [-0.3, -0.25) is 4.90 Å². The van der Waals surface area contributed by atoms with Crippen molar-refractivity contribution < 1.29 is 33.7 Å². The number of aryl methyl sites for hydroxylation is 1. The monoisotopic (exact) mass is 672 g/mol. The highest BCUT2D eigenvalue weighted by atomic mass is 16.5. The maximum Gasteiger partial charge on any atom is 0.336 e. The molecule has 3 aromatic rings. The molecule has 1 aliphatic carbocycles. The molecule has 0 aromatic heterocycles. The highest BCUT2D eigenvalue weighted by molar-refractivity contribution is 5.91. The second-order valence-electron chi connectivity index (χ2n) is 12.1. The third-order valence-electron chi connectivity index (χ3n) is 8.59. The van der Waals surface area contributed by atoms with E-state index in [2.05, 4.69) is 15.2 Å². The van der Waals surface area contributed by atoms with Crippen molar-refractivity contribution in [3.63, 3.8) is 0 Å². The van der Waals surface area contributed by atoms with E-state index in [1.807, 2.05) is 78.6 Å². The molecule has 0 radical (unpaired) electrons. The number of nitrogens with one attached hydrogen (secondary N) is 1. The molecule has 11 heteroatoms. The number of rotatable bonds is 14. The van der Waals surface area contributed by atoms with Crippen molar-refractivity contribution in [2.75, 3.05) is 57.9 Å². The van der Waals surface area contributed by atoms with Crippen molar-refractivity contribution in [2.45, 2.75) is 57.8 Å². The fourth-order valence-corrected chi connectivity index (χ4v) is 6.00. The first-order chi connectivity index (χ1) is 23.9. The van der Waals surface area contributed by atoms with Gasteiger partial charge in [0.05, 0.1) is 49.9 Å². The van der Waals surface area contributed by atoms with Crippen LogP contribution in [0.4, 0.5) is 16.2 Å². The number of aromatic carboxylic acids is 1. The number of carbonyl (C=O) groups is 2. The van der Waals surface area contributed by atoms with Crippen LogP contribution in [0.2, 0.25) is 0 Å². The van der Waals surface area contributed by atoms with Gasteiger partial charge in [-0.1, -0.05) is 54.6 Å². The molecular formula is C38H48N4O7. The Labute approximate surface area is 288 Å². The summed E-state index contributed by atoms with van der Waals surface area (Å²) in [5.74, 6) is -0.924. The molecule has 3 aromatic carbocycles. The Morgan fingerprint density at radius 3 is 2.35 bits per heavy atom. The topological polar surface area (TPSA) is 130 Å². The second kappa shape index (κ2) is 20.9. The number of ether oxygens (including phenoxy) is 3. The number of aliphatic imine (C=N–C) groups is 1. The van der Waals surface area contributed by atoms with Gasteiger partial charge in [-0.2, -0.15) is 4.99 Å². The molecule has 49 heavy (non-hydrogen) atoms. The smallest absolute Gasteiger partial charge is 0.336 e. The Bertz CT molecular complexity index is 1480. The molecule has 1 saturated heterocycles. The molecule has 262 valence electrons. The maximum atomic E-state index is 13.1. The maximum absolute atomic E-state index is 13.1. The van der Waals surface area contributed by atoms with Gasteiger partial charge in [-0.15, -0.1) is 0 Å². The van der Waals surface area contributed by atoms with E-state index in [-0.39, 0.29) is 24.8 Å². The number of morpholine rings is 1. The average Bonchev–Trinajstić information content (AvgIpc) is 3.12. The number of hydrogen-bond donors (Lipinski definition) is 2. The van der Waals surface area contributed by atoms with Crippen LogP contribution in [0.15, 0.2) is 83.9 Å². The first-order valence-corrected chi connectivity index (χ1v) is 17.0. The summed E-state index contributed by atoms with van der Waals surface area (Å²) >= 11 is 0. The van der Waals surface area contributed by atoms with Crippen LogP contribution >= 0.6 is 0 Å². The zero-order valence-electron chi connectivity index (χ0n) is 28.3. The summed E-state index contributed by atoms with van der Waals surface area (Å²) in [7, 11) is 0. The van der Waals surface area contributed by atoms with Crippen molar-refractivity contribution in [2.24, 2.45) is 4.99 Å². The fourth-order valence-electron chi connectivity index (χ4n) is 6.00. The number of anilines is 1. The Balaban J connectivity index is 0.000000520. The lowest BCUT2D eigenvalue weighted by molar-refractivity contribution is -0.0523. The summed E-state index contributed by atoms with van der Waals surface area (Å²) in [6, 6.07) is 23.9. The molecule has 1 aliphatic heterocycles. The molecule has 2 amide bonds. The van der Waals surface area contributed by atoms with E-state index in [1.54, 1.807) is 12.1 Å². The zero-order valence-corrected chi connectivity index (χ0v) is 28.3. The highest BCUT2D eigenvalue weighted by Gasteiger charge is 2.25. The number of urea groups is 1. The summed E-state index contributed by atoms with van der Waals surface area (Å²) < 4.78 is 17.8. The average molecular weight is 673 g/mol. The molecule has 2 aliphatic rings. The Morgan fingerprint density at radius 2 is 1.65 bits per heavy atom. The van der Waals surface area contributed by atoms with Gasteiger partial charge >= 0.3 is 12.0 Å². The van der Waals surface area contributed by atoms with E-state index in [4.69, 9.17) is 14.2 Å².